The van der Waals surface area contributed by atoms with Crippen LogP contribution in [0.15, 0.2) is 48.5 Å². The summed E-state index contributed by atoms with van der Waals surface area (Å²) in [6, 6.07) is 15.0. The molecule has 6 nitrogen and oxygen atoms in total. The van der Waals surface area contributed by atoms with Crippen LogP contribution in [-0.4, -0.2) is 24.6 Å². The molecule has 0 aliphatic rings. The lowest BCUT2D eigenvalue weighted by atomic mass is 10.1. The van der Waals surface area contributed by atoms with Crippen LogP contribution < -0.4 is 20.5 Å². The summed E-state index contributed by atoms with van der Waals surface area (Å²) in [6.45, 7) is 2.42. The number of carbonyl (C=O) groups is 1. The number of hydrogen-bond acceptors (Lipinski definition) is 6. The molecular formula is C21H23N3O3S. The van der Waals surface area contributed by atoms with Crippen molar-refractivity contribution >= 4 is 28.1 Å². The van der Waals surface area contributed by atoms with Gasteiger partial charge in [0, 0.05) is 16.9 Å². The number of anilines is 2. The van der Waals surface area contributed by atoms with E-state index in [1.165, 1.54) is 11.3 Å². The Hall–Kier alpha value is -3.06. The van der Waals surface area contributed by atoms with E-state index in [2.05, 4.69) is 10.3 Å². The van der Waals surface area contributed by atoms with Gasteiger partial charge in [-0.25, -0.2) is 4.98 Å². The summed E-state index contributed by atoms with van der Waals surface area (Å²) in [4.78, 5) is 17.8. The molecule has 0 radical (unpaired) electrons. The van der Waals surface area contributed by atoms with Crippen LogP contribution in [0.2, 0.25) is 0 Å². The molecule has 0 unspecified atom stereocenters. The largest absolute Gasteiger partial charge is 0.497 e. The Bertz CT molecular complexity index is 938. The molecule has 146 valence electrons. The van der Waals surface area contributed by atoms with E-state index in [1.807, 2.05) is 49.4 Å². The molecule has 7 heteroatoms. The van der Waals surface area contributed by atoms with Gasteiger partial charge in [-0.3, -0.25) is 4.79 Å². The monoisotopic (exact) mass is 397 g/mol. The number of hydrogen-bond donors (Lipinski definition) is 2. The van der Waals surface area contributed by atoms with Crippen LogP contribution in [-0.2, 0) is 4.79 Å². The predicted molar refractivity (Wildman–Crippen MR) is 113 cm³/mol. The number of nitrogens with zero attached hydrogens (tertiary/aromatic N) is 1. The Kier molecular flexibility index (Phi) is 6.49. The molecule has 0 aliphatic heterocycles. The minimum Gasteiger partial charge on any atom is -0.497 e. The first-order valence-corrected chi connectivity index (χ1v) is 9.77. The maximum Gasteiger partial charge on any atom is 0.226 e. The summed E-state index contributed by atoms with van der Waals surface area (Å²) in [6.07, 6.45) is 0.944. The highest BCUT2D eigenvalue weighted by atomic mass is 32.1. The molecule has 0 fully saturated rings. The number of thiazole rings is 1. The second-order valence-electron chi connectivity index (χ2n) is 6.19. The van der Waals surface area contributed by atoms with Crippen molar-refractivity contribution in [2.75, 3.05) is 24.8 Å². The quantitative estimate of drug-likeness (QED) is 0.431. The zero-order valence-electron chi connectivity index (χ0n) is 15.9. The third kappa shape index (κ3) is 5.01. The molecule has 0 spiro atoms. The van der Waals surface area contributed by atoms with Crippen LogP contribution in [0.25, 0.3) is 11.3 Å². The minimum atomic E-state index is -0.0836. The molecule has 0 bridgehead atoms. The standard InChI is InChI=1S/C21H23N3O3S/c1-14-20(15-9-11-16(26-2)12-10-15)24-21(28-14)23-19(25)8-5-13-27-18-7-4-3-6-17(18)22/h3-4,6-7,9-12H,5,8,13,22H2,1-2H3,(H,23,24,25). The van der Waals surface area contributed by atoms with Gasteiger partial charge in [0.1, 0.15) is 11.5 Å². The average Bonchev–Trinajstić information content (AvgIpc) is 3.06. The van der Waals surface area contributed by atoms with Crippen LogP contribution >= 0.6 is 11.3 Å². The molecule has 0 aliphatic carbocycles. The predicted octanol–water partition coefficient (Wildman–Crippen LogP) is 4.51. The molecule has 3 aromatic rings. The highest BCUT2D eigenvalue weighted by molar-refractivity contribution is 7.16. The Morgan fingerprint density at radius 1 is 1.18 bits per heavy atom. The number of aromatic nitrogens is 1. The van der Waals surface area contributed by atoms with Gasteiger partial charge < -0.3 is 20.5 Å². The van der Waals surface area contributed by atoms with E-state index in [0.29, 0.717) is 36.0 Å². The lowest BCUT2D eigenvalue weighted by Gasteiger charge is -2.08. The molecular weight excluding hydrogens is 374 g/mol. The summed E-state index contributed by atoms with van der Waals surface area (Å²) >= 11 is 1.46. The lowest BCUT2D eigenvalue weighted by Crippen LogP contribution is -2.12. The first kappa shape index (κ1) is 19.7. The van der Waals surface area contributed by atoms with Crippen molar-refractivity contribution in [3.63, 3.8) is 0 Å². The fourth-order valence-corrected chi connectivity index (χ4v) is 3.53. The summed E-state index contributed by atoms with van der Waals surface area (Å²) < 4.78 is 10.8. The highest BCUT2D eigenvalue weighted by Gasteiger charge is 2.12. The number of para-hydroxylation sites is 2. The topological polar surface area (TPSA) is 86.5 Å². The van der Waals surface area contributed by atoms with Crippen molar-refractivity contribution in [3.8, 4) is 22.8 Å². The summed E-state index contributed by atoms with van der Waals surface area (Å²) in [7, 11) is 1.64. The highest BCUT2D eigenvalue weighted by Crippen LogP contribution is 2.31. The van der Waals surface area contributed by atoms with E-state index in [0.717, 1.165) is 21.9 Å². The Morgan fingerprint density at radius 3 is 2.64 bits per heavy atom. The molecule has 1 heterocycles. The number of benzene rings is 2. The lowest BCUT2D eigenvalue weighted by molar-refractivity contribution is -0.116. The Morgan fingerprint density at radius 2 is 1.93 bits per heavy atom. The van der Waals surface area contributed by atoms with Gasteiger partial charge >= 0.3 is 0 Å². The smallest absolute Gasteiger partial charge is 0.226 e. The van der Waals surface area contributed by atoms with Crippen LogP contribution in [0.1, 0.15) is 17.7 Å². The number of amides is 1. The van der Waals surface area contributed by atoms with Gasteiger partial charge in [-0.05, 0) is 49.7 Å². The fraction of sp³-hybridized carbons (Fsp3) is 0.238. The minimum absolute atomic E-state index is 0.0836. The van der Waals surface area contributed by atoms with Crippen LogP contribution in [0.5, 0.6) is 11.5 Å². The van der Waals surface area contributed by atoms with Crippen molar-refractivity contribution in [3.05, 3.63) is 53.4 Å². The maximum absolute atomic E-state index is 12.2. The second kappa shape index (κ2) is 9.23. The van der Waals surface area contributed by atoms with Crippen molar-refractivity contribution in [2.45, 2.75) is 19.8 Å². The number of nitrogen functional groups attached to an aromatic ring is 1. The molecule has 0 saturated heterocycles. The normalized spacial score (nSPS) is 10.5. The van der Waals surface area contributed by atoms with Gasteiger partial charge in [-0.1, -0.05) is 12.1 Å². The molecule has 28 heavy (non-hydrogen) atoms. The van der Waals surface area contributed by atoms with Crippen molar-refractivity contribution in [1.82, 2.24) is 4.98 Å². The molecule has 0 saturated carbocycles. The van der Waals surface area contributed by atoms with Gasteiger partial charge in [-0.15, -0.1) is 11.3 Å². The summed E-state index contributed by atoms with van der Waals surface area (Å²) in [5, 5.41) is 3.47. The number of rotatable bonds is 8. The van der Waals surface area contributed by atoms with Crippen LogP contribution in [0.4, 0.5) is 10.8 Å². The summed E-state index contributed by atoms with van der Waals surface area (Å²) in [5.74, 6) is 1.35. The van der Waals surface area contributed by atoms with E-state index in [4.69, 9.17) is 15.2 Å². The second-order valence-corrected chi connectivity index (χ2v) is 7.39. The van der Waals surface area contributed by atoms with Gasteiger partial charge in [0.2, 0.25) is 5.91 Å². The third-order valence-electron chi connectivity index (χ3n) is 4.13. The first-order chi connectivity index (χ1) is 13.6. The Balaban J connectivity index is 1.51. The number of methoxy groups -OCH3 is 1. The maximum atomic E-state index is 12.2. The zero-order valence-corrected chi connectivity index (χ0v) is 16.7. The van der Waals surface area contributed by atoms with E-state index >= 15 is 0 Å². The van der Waals surface area contributed by atoms with E-state index in [-0.39, 0.29) is 5.91 Å². The molecule has 3 rings (SSSR count). The number of ether oxygens (including phenoxy) is 2. The number of carbonyl (C=O) groups excluding carboxylic acids is 1. The van der Waals surface area contributed by atoms with Crippen molar-refractivity contribution in [2.24, 2.45) is 0 Å². The fourth-order valence-electron chi connectivity index (χ4n) is 2.68. The molecule has 2 aromatic carbocycles. The number of nitrogens with two attached hydrogens (primary N) is 1. The number of aryl methyl sites for hydroxylation is 1. The van der Waals surface area contributed by atoms with Crippen LogP contribution in [0.3, 0.4) is 0 Å². The SMILES string of the molecule is COc1ccc(-c2nc(NC(=O)CCCOc3ccccc3N)sc2C)cc1. The first-order valence-electron chi connectivity index (χ1n) is 8.96. The van der Waals surface area contributed by atoms with E-state index in [1.54, 1.807) is 13.2 Å². The van der Waals surface area contributed by atoms with E-state index < -0.39 is 0 Å². The van der Waals surface area contributed by atoms with Gasteiger partial charge in [0.25, 0.3) is 0 Å². The molecule has 3 N–H and O–H groups in total. The van der Waals surface area contributed by atoms with Gasteiger partial charge in [0.05, 0.1) is 25.1 Å². The van der Waals surface area contributed by atoms with Gasteiger partial charge in [-0.2, -0.15) is 0 Å². The van der Waals surface area contributed by atoms with E-state index in [9.17, 15) is 4.79 Å². The zero-order chi connectivity index (χ0) is 19.9. The summed E-state index contributed by atoms with van der Waals surface area (Å²) in [5.41, 5.74) is 8.28. The number of nitrogens with one attached hydrogen (secondary N) is 1. The average molecular weight is 398 g/mol. The molecule has 1 amide bonds. The van der Waals surface area contributed by atoms with Crippen LogP contribution in [0, 0.1) is 6.92 Å². The third-order valence-corrected chi connectivity index (χ3v) is 5.02. The van der Waals surface area contributed by atoms with Crippen molar-refractivity contribution in [1.29, 1.82) is 0 Å². The molecule has 1 aromatic heterocycles. The van der Waals surface area contributed by atoms with Gasteiger partial charge in [0.15, 0.2) is 5.13 Å². The Labute approximate surface area is 168 Å². The molecule has 0 atom stereocenters. The van der Waals surface area contributed by atoms with Crippen molar-refractivity contribution < 1.29 is 14.3 Å².